The molecule has 2 aliphatic rings. The molecule has 0 radical (unpaired) electrons. The topological polar surface area (TPSA) is 58.0 Å². The predicted octanol–water partition coefficient (Wildman–Crippen LogP) is 1.93. The van der Waals surface area contributed by atoms with Gasteiger partial charge in [0.25, 0.3) is 0 Å². The molecule has 98 valence electrons. The number of hydrogen-bond acceptors (Lipinski definition) is 4. The highest BCUT2D eigenvalue weighted by atomic mass is 16.3. The molecule has 2 aliphatic carbocycles. The van der Waals surface area contributed by atoms with Crippen LogP contribution in [0.3, 0.4) is 0 Å². The second-order valence-corrected chi connectivity index (χ2v) is 5.48. The van der Waals surface area contributed by atoms with Crippen LogP contribution in [0.25, 0.3) is 0 Å². The zero-order valence-electron chi connectivity index (χ0n) is 10.7. The molecule has 18 heavy (non-hydrogen) atoms. The van der Waals surface area contributed by atoms with Crippen molar-refractivity contribution in [2.75, 3.05) is 11.9 Å². The summed E-state index contributed by atoms with van der Waals surface area (Å²) in [6.45, 7) is 0.283. The lowest BCUT2D eigenvalue weighted by atomic mass is 9.85. The molecule has 0 saturated heterocycles. The number of rotatable bonds is 3. The molecule has 0 aliphatic heterocycles. The molecule has 1 aromatic rings. The van der Waals surface area contributed by atoms with Gasteiger partial charge in [0.2, 0.25) is 0 Å². The lowest BCUT2D eigenvalue weighted by Crippen LogP contribution is -2.35. The van der Waals surface area contributed by atoms with Gasteiger partial charge in [-0.05, 0) is 32.1 Å². The van der Waals surface area contributed by atoms with Gasteiger partial charge in [-0.2, -0.15) is 0 Å². The van der Waals surface area contributed by atoms with Crippen molar-refractivity contribution in [3.05, 3.63) is 17.6 Å². The van der Waals surface area contributed by atoms with Crippen molar-refractivity contribution in [2.45, 2.75) is 51.0 Å². The molecule has 1 saturated carbocycles. The Labute approximate surface area is 108 Å². The molecule has 2 N–H and O–H groups in total. The third kappa shape index (κ3) is 2.21. The van der Waals surface area contributed by atoms with Crippen LogP contribution in [-0.4, -0.2) is 27.7 Å². The van der Waals surface area contributed by atoms with Crippen LogP contribution in [0, 0.1) is 5.92 Å². The maximum atomic E-state index is 9.46. The molecule has 0 spiro atoms. The Balaban J connectivity index is 1.77. The molecule has 1 aromatic heterocycles. The van der Waals surface area contributed by atoms with Crippen LogP contribution in [-0.2, 0) is 12.8 Å². The molecule has 3 rings (SSSR count). The Kier molecular flexibility index (Phi) is 3.46. The highest BCUT2D eigenvalue weighted by Crippen LogP contribution is 2.30. The van der Waals surface area contributed by atoms with Gasteiger partial charge in [-0.25, -0.2) is 9.97 Å². The van der Waals surface area contributed by atoms with Gasteiger partial charge in [0, 0.05) is 29.8 Å². The summed E-state index contributed by atoms with van der Waals surface area (Å²) in [4.78, 5) is 8.76. The van der Waals surface area contributed by atoms with E-state index in [0.717, 1.165) is 31.5 Å². The zero-order chi connectivity index (χ0) is 12.4. The maximum Gasteiger partial charge on any atom is 0.133 e. The highest BCUT2D eigenvalue weighted by molar-refractivity contribution is 5.48. The number of aliphatic hydroxyl groups is 1. The maximum absolute atomic E-state index is 9.46. The molecule has 4 nitrogen and oxygen atoms in total. The molecule has 0 amide bonds. The minimum absolute atomic E-state index is 0.283. The van der Waals surface area contributed by atoms with Crippen molar-refractivity contribution in [3.63, 3.8) is 0 Å². The predicted molar refractivity (Wildman–Crippen MR) is 70.5 cm³/mol. The fourth-order valence-electron chi connectivity index (χ4n) is 3.28. The first-order valence-electron chi connectivity index (χ1n) is 7.08. The summed E-state index contributed by atoms with van der Waals surface area (Å²) in [6, 6.07) is 0.378. The van der Waals surface area contributed by atoms with Crippen molar-refractivity contribution in [1.82, 2.24) is 9.97 Å². The number of fused-ring (bicyclic) bond motifs is 1. The summed E-state index contributed by atoms with van der Waals surface area (Å²) in [5.41, 5.74) is 2.52. The third-order valence-corrected chi connectivity index (χ3v) is 4.34. The summed E-state index contributed by atoms with van der Waals surface area (Å²) in [5, 5.41) is 13.0. The minimum Gasteiger partial charge on any atom is -0.396 e. The second kappa shape index (κ2) is 5.22. The second-order valence-electron chi connectivity index (χ2n) is 5.48. The fourth-order valence-corrected chi connectivity index (χ4v) is 3.28. The van der Waals surface area contributed by atoms with Crippen molar-refractivity contribution >= 4 is 5.82 Å². The van der Waals surface area contributed by atoms with E-state index in [1.807, 2.05) is 0 Å². The minimum atomic E-state index is 0.283. The molecule has 0 aromatic carbocycles. The van der Waals surface area contributed by atoms with E-state index in [-0.39, 0.29) is 6.61 Å². The molecule has 2 unspecified atom stereocenters. The number of aryl methyl sites for hydroxylation is 1. The fraction of sp³-hybridized carbons (Fsp3) is 0.714. The monoisotopic (exact) mass is 247 g/mol. The number of aromatic nitrogens is 2. The summed E-state index contributed by atoms with van der Waals surface area (Å²) in [5.74, 6) is 1.40. The number of nitrogens with one attached hydrogen (secondary N) is 1. The standard InChI is InChI=1S/C14H21N3O/c18-8-10-4-1-2-6-12(10)17-14-11-5-3-7-13(11)15-9-16-14/h9-10,12,18H,1-8H2,(H,15,16,17). The first-order valence-corrected chi connectivity index (χ1v) is 7.08. The molecule has 2 atom stereocenters. The Bertz CT molecular complexity index is 422. The Morgan fingerprint density at radius 1 is 1.17 bits per heavy atom. The van der Waals surface area contributed by atoms with Gasteiger partial charge in [-0.1, -0.05) is 12.8 Å². The van der Waals surface area contributed by atoms with Gasteiger partial charge >= 0.3 is 0 Å². The summed E-state index contributed by atoms with van der Waals surface area (Å²) < 4.78 is 0. The van der Waals surface area contributed by atoms with E-state index < -0.39 is 0 Å². The summed E-state index contributed by atoms with van der Waals surface area (Å²) in [6.07, 6.45) is 9.80. The van der Waals surface area contributed by atoms with E-state index in [1.165, 1.54) is 30.5 Å². The Morgan fingerprint density at radius 2 is 2.06 bits per heavy atom. The molecular weight excluding hydrogens is 226 g/mol. The van der Waals surface area contributed by atoms with E-state index in [4.69, 9.17) is 0 Å². The molecular formula is C14H21N3O. The van der Waals surface area contributed by atoms with Gasteiger partial charge < -0.3 is 10.4 Å². The zero-order valence-corrected chi connectivity index (χ0v) is 10.7. The first-order chi connectivity index (χ1) is 8.88. The van der Waals surface area contributed by atoms with Gasteiger partial charge in [-0.15, -0.1) is 0 Å². The third-order valence-electron chi connectivity index (χ3n) is 4.34. The first kappa shape index (κ1) is 11.9. The average molecular weight is 247 g/mol. The molecule has 1 fully saturated rings. The average Bonchev–Trinajstić information content (AvgIpc) is 2.89. The van der Waals surface area contributed by atoms with Crippen LogP contribution in [0.4, 0.5) is 5.82 Å². The Morgan fingerprint density at radius 3 is 2.94 bits per heavy atom. The number of anilines is 1. The van der Waals surface area contributed by atoms with Crippen molar-refractivity contribution in [2.24, 2.45) is 5.92 Å². The van der Waals surface area contributed by atoms with Gasteiger partial charge in [0.05, 0.1) is 0 Å². The van der Waals surface area contributed by atoms with Crippen LogP contribution in [0.1, 0.15) is 43.4 Å². The van der Waals surface area contributed by atoms with Crippen molar-refractivity contribution in [3.8, 4) is 0 Å². The number of hydrogen-bond donors (Lipinski definition) is 2. The van der Waals surface area contributed by atoms with E-state index in [0.29, 0.717) is 12.0 Å². The van der Waals surface area contributed by atoms with Crippen molar-refractivity contribution < 1.29 is 5.11 Å². The normalized spacial score (nSPS) is 26.9. The lowest BCUT2D eigenvalue weighted by molar-refractivity contribution is 0.178. The van der Waals surface area contributed by atoms with Gasteiger partial charge in [-0.3, -0.25) is 0 Å². The van der Waals surface area contributed by atoms with E-state index in [9.17, 15) is 5.11 Å². The summed E-state index contributed by atoms with van der Waals surface area (Å²) in [7, 11) is 0. The SMILES string of the molecule is OCC1CCCCC1Nc1ncnc2c1CCC2. The van der Waals surface area contributed by atoms with Crippen LogP contribution in [0.5, 0.6) is 0 Å². The van der Waals surface area contributed by atoms with Crippen molar-refractivity contribution in [1.29, 1.82) is 0 Å². The molecule has 0 bridgehead atoms. The van der Waals surface area contributed by atoms with Crippen LogP contribution in [0.15, 0.2) is 6.33 Å². The van der Waals surface area contributed by atoms with Crippen LogP contribution >= 0.6 is 0 Å². The van der Waals surface area contributed by atoms with E-state index >= 15 is 0 Å². The van der Waals surface area contributed by atoms with Crippen LogP contribution in [0.2, 0.25) is 0 Å². The van der Waals surface area contributed by atoms with Gasteiger partial charge in [0.1, 0.15) is 12.1 Å². The number of nitrogens with zero attached hydrogens (tertiary/aromatic N) is 2. The summed E-state index contributed by atoms with van der Waals surface area (Å²) >= 11 is 0. The quantitative estimate of drug-likeness (QED) is 0.857. The molecule has 4 heteroatoms. The van der Waals surface area contributed by atoms with E-state index in [1.54, 1.807) is 6.33 Å². The largest absolute Gasteiger partial charge is 0.396 e. The highest BCUT2D eigenvalue weighted by Gasteiger charge is 2.26. The Hall–Kier alpha value is -1.16. The van der Waals surface area contributed by atoms with Crippen LogP contribution < -0.4 is 5.32 Å². The number of aliphatic hydroxyl groups excluding tert-OH is 1. The van der Waals surface area contributed by atoms with E-state index in [2.05, 4.69) is 15.3 Å². The molecule has 1 heterocycles. The lowest BCUT2D eigenvalue weighted by Gasteiger charge is -2.31. The smallest absolute Gasteiger partial charge is 0.133 e. The van der Waals surface area contributed by atoms with Gasteiger partial charge in [0.15, 0.2) is 0 Å².